The summed E-state index contributed by atoms with van der Waals surface area (Å²) in [6.07, 6.45) is 1.91. The highest BCUT2D eigenvalue weighted by molar-refractivity contribution is 7.85. The topological polar surface area (TPSA) is 68.0 Å². The van der Waals surface area contributed by atoms with E-state index in [0.29, 0.717) is 6.04 Å². The summed E-state index contributed by atoms with van der Waals surface area (Å²) in [5.74, 6) is 1.59. The molecule has 0 aliphatic carbocycles. The Hall–Kier alpha value is -1.62. The molecule has 3 rings (SSSR count). The van der Waals surface area contributed by atoms with Crippen LogP contribution in [0.4, 0.5) is 11.4 Å². The predicted octanol–water partition coefficient (Wildman–Crippen LogP) is 2.45. The molecule has 0 atom stereocenters. The van der Waals surface area contributed by atoms with Gasteiger partial charge in [-0.15, -0.1) is 0 Å². The molecular formula is C15H19N3OS. The molecule has 4 nitrogen and oxygen atoms in total. The Morgan fingerprint density at radius 2 is 2.05 bits per heavy atom. The fourth-order valence-corrected chi connectivity index (χ4v) is 3.95. The quantitative estimate of drug-likeness (QED) is 0.833. The summed E-state index contributed by atoms with van der Waals surface area (Å²) in [7, 11) is -0.626. The second-order valence-corrected chi connectivity index (χ2v) is 7.05. The summed E-state index contributed by atoms with van der Waals surface area (Å²) in [6, 6.07) is 8.25. The Morgan fingerprint density at radius 1 is 1.30 bits per heavy atom. The van der Waals surface area contributed by atoms with Gasteiger partial charge >= 0.3 is 0 Å². The van der Waals surface area contributed by atoms with E-state index in [-0.39, 0.29) is 0 Å². The van der Waals surface area contributed by atoms with Crippen molar-refractivity contribution in [3.8, 4) is 0 Å². The van der Waals surface area contributed by atoms with E-state index in [1.165, 1.54) is 0 Å². The molecule has 0 spiro atoms. The molecule has 0 saturated carbocycles. The van der Waals surface area contributed by atoms with Gasteiger partial charge in [-0.1, -0.05) is 0 Å². The van der Waals surface area contributed by atoms with Crippen LogP contribution < -0.4 is 11.1 Å². The van der Waals surface area contributed by atoms with Gasteiger partial charge in [0, 0.05) is 50.8 Å². The molecule has 0 amide bonds. The van der Waals surface area contributed by atoms with Gasteiger partial charge in [0.15, 0.2) is 0 Å². The van der Waals surface area contributed by atoms with Crippen LogP contribution in [0.5, 0.6) is 0 Å². The van der Waals surface area contributed by atoms with Crippen molar-refractivity contribution < 1.29 is 4.21 Å². The summed E-state index contributed by atoms with van der Waals surface area (Å²) in [5.41, 5.74) is 9.66. The summed E-state index contributed by atoms with van der Waals surface area (Å²) >= 11 is 0. The summed E-state index contributed by atoms with van der Waals surface area (Å²) < 4.78 is 11.4. The van der Waals surface area contributed by atoms with Crippen molar-refractivity contribution in [3.63, 3.8) is 0 Å². The number of aryl methyl sites for hydroxylation is 1. The molecule has 0 unspecified atom stereocenters. The molecule has 1 aliphatic rings. The van der Waals surface area contributed by atoms with Crippen molar-refractivity contribution in [1.82, 2.24) is 4.98 Å². The van der Waals surface area contributed by atoms with Gasteiger partial charge in [-0.25, -0.2) is 0 Å². The molecule has 0 bridgehead atoms. The highest BCUT2D eigenvalue weighted by Gasteiger charge is 2.18. The lowest BCUT2D eigenvalue weighted by molar-refractivity contribution is 0.624. The zero-order valence-corrected chi connectivity index (χ0v) is 12.4. The first-order valence-electron chi connectivity index (χ1n) is 6.90. The van der Waals surface area contributed by atoms with Crippen LogP contribution in [-0.2, 0) is 10.8 Å². The third-order valence-electron chi connectivity index (χ3n) is 3.71. The molecule has 1 aromatic heterocycles. The van der Waals surface area contributed by atoms with Crippen molar-refractivity contribution in [2.75, 3.05) is 22.6 Å². The van der Waals surface area contributed by atoms with Crippen molar-refractivity contribution in [3.05, 3.63) is 30.0 Å². The number of benzene rings is 1. The molecule has 1 aromatic carbocycles. The summed E-state index contributed by atoms with van der Waals surface area (Å²) in [5, 5.41) is 4.64. The van der Waals surface area contributed by atoms with E-state index in [1.54, 1.807) is 0 Å². The minimum atomic E-state index is -0.626. The Labute approximate surface area is 121 Å². The Balaban J connectivity index is 1.93. The second kappa shape index (κ2) is 5.40. The number of nitrogens with two attached hydrogens (primary N) is 1. The first-order chi connectivity index (χ1) is 9.61. The smallest absolute Gasteiger partial charge is 0.0727 e. The number of nitrogens with zero attached hydrogens (tertiary/aromatic N) is 1. The monoisotopic (exact) mass is 289 g/mol. The van der Waals surface area contributed by atoms with Gasteiger partial charge in [-0.3, -0.25) is 9.19 Å². The van der Waals surface area contributed by atoms with Crippen LogP contribution in [0, 0.1) is 6.92 Å². The molecule has 0 radical (unpaired) electrons. The molecule has 1 fully saturated rings. The van der Waals surface area contributed by atoms with E-state index >= 15 is 0 Å². The van der Waals surface area contributed by atoms with E-state index < -0.39 is 10.8 Å². The highest BCUT2D eigenvalue weighted by atomic mass is 32.2. The summed E-state index contributed by atoms with van der Waals surface area (Å²) in [6.45, 7) is 2.00. The SMILES string of the molecule is Cc1cc(NC2CCS(=O)CC2)c2cc(N)ccc2n1. The van der Waals surface area contributed by atoms with E-state index in [1.807, 2.05) is 25.1 Å². The van der Waals surface area contributed by atoms with Crippen LogP contribution in [0.1, 0.15) is 18.5 Å². The predicted molar refractivity (Wildman–Crippen MR) is 85.4 cm³/mol. The van der Waals surface area contributed by atoms with Crippen LogP contribution in [0.25, 0.3) is 10.9 Å². The third-order valence-corrected chi connectivity index (χ3v) is 5.09. The molecule has 2 aromatic rings. The maximum absolute atomic E-state index is 11.4. The minimum Gasteiger partial charge on any atom is -0.399 e. The first-order valence-corrected chi connectivity index (χ1v) is 8.39. The van der Waals surface area contributed by atoms with Crippen LogP contribution in [0.3, 0.4) is 0 Å². The normalized spacial score (nSPS) is 22.9. The third kappa shape index (κ3) is 2.77. The average Bonchev–Trinajstić information content (AvgIpc) is 2.42. The van der Waals surface area contributed by atoms with Crippen molar-refractivity contribution in [2.24, 2.45) is 0 Å². The van der Waals surface area contributed by atoms with Crippen LogP contribution in [0.2, 0.25) is 0 Å². The van der Waals surface area contributed by atoms with E-state index in [9.17, 15) is 4.21 Å². The number of nitrogen functional groups attached to an aromatic ring is 1. The zero-order chi connectivity index (χ0) is 14.1. The van der Waals surface area contributed by atoms with Gasteiger partial charge in [-0.2, -0.15) is 0 Å². The van der Waals surface area contributed by atoms with E-state index in [4.69, 9.17) is 5.73 Å². The van der Waals surface area contributed by atoms with E-state index in [2.05, 4.69) is 16.4 Å². The number of rotatable bonds is 2. The van der Waals surface area contributed by atoms with E-state index in [0.717, 1.165) is 52.3 Å². The lowest BCUT2D eigenvalue weighted by atomic mass is 10.1. The number of pyridine rings is 1. The number of anilines is 2. The van der Waals surface area contributed by atoms with Gasteiger partial charge in [-0.05, 0) is 44.0 Å². The second-order valence-electron chi connectivity index (χ2n) is 5.35. The lowest BCUT2D eigenvalue weighted by Gasteiger charge is -2.24. The number of hydrogen-bond donors (Lipinski definition) is 2. The van der Waals surface area contributed by atoms with Gasteiger partial charge in [0.25, 0.3) is 0 Å². The molecule has 1 saturated heterocycles. The molecule has 2 heterocycles. The fourth-order valence-electron chi connectivity index (χ4n) is 2.65. The molecule has 20 heavy (non-hydrogen) atoms. The van der Waals surface area contributed by atoms with Crippen molar-refractivity contribution >= 4 is 33.1 Å². The Bertz CT molecular complexity index is 661. The van der Waals surface area contributed by atoms with Gasteiger partial charge in [0.1, 0.15) is 0 Å². The van der Waals surface area contributed by atoms with Gasteiger partial charge in [0.2, 0.25) is 0 Å². The molecule has 1 aliphatic heterocycles. The highest BCUT2D eigenvalue weighted by Crippen LogP contribution is 2.27. The number of hydrogen-bond acceptors (Lipinski definition) is 4. The zero-order valence-electron chi connectivity index (χ0n) is 11.6. The molecular weight excluding hydrogens is 270 g/mol. The Kier molecular flexibility index (Phi) is 3.61. The standard InChI is InChI=1S/C15H19N3OS/c1-10-8-15(18-12-4-6-20(19)7-5-12)13-9-11(16)2-3-14(13)17-10/h2-3,8-9,12H,4-7,16H2,1H3,(H,17,18). The van der Waals surface area contributed by atoms with Gasteiger partial charge in [0.05, 0.1) is 5.52 Å². The number of nitrogens with one attached hydrogen (secondary N) is 1. The van der Waals surface area contributed by atoms with Crippen molar-refractivity contribution in [1.29, 1.82) is 0 Å². The maximum Gasteiger partial charge on any atom is 0.0727 e. The van der Waals surface area contributed by atoms with Gasteiger partial charge < -0.3 is 11.1 Å². The van der Waals surface area contributed by atoms with Crippen LogP contribution in [-0.4, -0.2) is 26.7 Å². The lowest BCUT2D eigenvalue weighted by Crippen LogP contribution is -2.29. The maximum atomic E-state index is 11.4. The minimum absolute atomic E-state index is 0.388. The first kappa shape index (κ1) is 13.4. The molecule has 3 N–H and O–H groups in total. The number of aromatic nitrogens is 1. The van der Waals surface area contributed by atoms with Crippen LogP contribution >= 0.6 is 0 Å². The van der Waals surface area contributed by atoms with Crippen LogP contribution in [0.15, 0.2) is 24.3 Å². The number of fused-ring (bicyclic) bond motifs is 1. The largest absolute Gasteiger partial charge is 0.399 e. The Morgan fingerprint density at radius 3 is 2.80 bits per heavy atom. The molecule has 5 heteroatoms. The summed E-state index contributed by atoms with van der Waals surface area (Å²) in [4.78, 5) is 4.54. The molecule has 106 valence electrons. The average molecular weight is 289 g/mol. The fraction of sp³-hybridized carbons (Fsp3) is 0.400. The van der Waals surface area contributed by atoms with Crippen molar-refractivity contribution in [2.45, 2.75) is 25.8 Å².